The summed E-state index contributed by atoms with van der Waals surface area (Å²) in [6, 6.07) is 2.41. The van der Waals surface area contributed by atoms with Gasteiger partial charge in [-0.15, -0.1) is 0 Å². The highest BCUT2D eigenvalue weighted by atomic mass is 35.5. The minimum Gasteiger partial charge on any atom is -0.469 e. The summed E-state index contributed by atoms with van der Waals surface area (Å²) < 4.78 is 17.4. The quantitative estimate of drug-likeness (QED) is 0.607. The molecule has 0 spiro atoms. The molecule has 1 rings (SSSR count). The Balaban J connectivity index is 2.98. The summed E-state index contributed by atoms with van der Waals surface area (Å²) in [4.78, 5) is 10.9. The average Bonchev–Trinajstić information content (AvgIpc) is 2.14. The zero-order valence-electron chi connectivity index (χ0n) is 7.51. The zero-order valence-corrected chi connectivity index (χ0v) is 8.27. The molecular formula is C9H9ClFNO2. The smallest absolute Gasteiger partial charge is 0.310 e. The van der Waals surface area contributed by atoms with Crippen LogP contribution in [0.3, 0.4) is 0 Å². The minimum absolute atomic E-state index is 0.0591. The number of nitrogen functional groups attached to an aromatic ring is 1. The van der Waals surface area contributed by atoms with Gasteiger partial charge in [-0.1, -0.05) is 11.6 Å². The maximum Gasteiger partial charge on any atom is 0.310 e. The second-order valence-electron chi connectivity index (χ2n) is 2.72. The van der Waals surface area contributed by atoms with Crippen molar-refractivity contribution in [1.82, 2.24) is 0 Å². The van der Waals surface area contributed by atoms with Crippen molar-refractivity contribution in [2.24, 2.45) is 0 Å². The molecule has 0 radical (unpaired) electrons. The second-order valence-corrected chi connectivity index (χ2v) is 3.13. The molecule has 0 saturated heterocycles. The van der Waals surface area contributed by atoms with E-state index in [9.17, 15) is 9.18 Å². The molecule has 0 bridgehead atoms. The van der Waals surface area contributed by atoms with Crippen molar-refractivity contribution in [3.63, 3.8) is 0 Å². The maximum atomic E-state index is 13.0. The van der Waals surface area contributed by atoms with Crippen LogP contribution in [0, 0.1) is 5.82 Å². The molecule has 3 nitrogen and oxygen atoms in total. The van der Waals surface area contributed by atoms with Gasteiger partial charge in [0.15, 0.2) is 0 Å². The van der Waals surface area contributed by atoms with Gasteiger partial charge < -0.3 is 10.5 Å². The van der Waals surface area contributed by atoms with Crippen molar-refractivity contribution in [3.8, 4) is 0 Å². The molecule has 1 aromatic carbocycles. The van der Waals surface area contributed by atoms with Crippen LogP contribution in [0.25, 0.3) is 0 Å². The Hall–Kier alpha value is -1.29. The topological polar surface area (TPSA) is 52.3 Å². The molecule has 0 saturated carbocycles. The number of esters is 1. The predicted molar refractivity (Wildman–Crippen MR) is 51.5 cm³/mol. The third-order valence-corrected chi connectivity index (χ3v) is 2.03. The Morgan fingerprint density at radius 1 is 1.64 bits per heavy atom. The first-order chi connectivity index (χ1) is 6.54. The van der Waals surface area contributed by atoms with Gasteiger partial charge in [0, 0.05) is 5.69 Å². The molecular weight excluding hydrogens is 209 g/mol. The third-order valence-electron chi connectivity index (χ3n) is 1.74. The molecule has 0 aliphatic rings. The molecule has 0 unspecified atom stereocenters. The lowest BCUT2D eigenvalue weighted by molar-refractivity contribution is -0.139. The molecule has 1 aromatic rings. The summed E-state index contributed by atoms with van der Waals surface area (Å²) in [6.45, 7) is 0. The van der Waals surface area contributed by atoms with Crippen LogP contribution in [0.15, 0.2) is 12.1 Å². The Morgan fingerprint density at radius 3 is 2.86 bits per heavy atom. The molecule has 0 aromatic heterocycles. The molecule has 0 aliphatic heterocycles. The summed E-state index contributed by atoms with van der Waals surface area (Å²) in [7, 11) is 1.25. The van der Waals surface area contributed by atoms with Gasteiger partial charge in [-0.3, -0.25) is 4.79 Å². The van der Waals surface area contributed by atoms with Crippen LogP contribution in [0.5, 0.6) is 0 Å². The monoisotopic (exact) mass is 217 g/mol. The van der Waals surface area contributed by atoms with E-state index in [1.54, 1.807) is 0 Å². The highest BCUT2D eigenvalue weighted by Gasteiger charge is 2.10. The van der Waals surface area contributed by atoms with E-state index >= 15 is 0 Å². The van der Waals surface area contributed by atoms with Crippen molar-refractivity contribution < 1.29 is 13.9 Å². The molecule has 14 heavy (non-hydrogen) atoms. The van der Waals surface area contributed by atoms with Crippen LogP contribution in [-0.2, 0) is 16.0 Å². The Morgan fingerprint density at radius 2 is 2.29 bits per heavy atom. The number of hydrogen-bond donors (Lipinski definition) is 1. The number of carbonyl (C=O) groups is 1. The van der Waals surface area contributed by atoms with Crippen molar-refractivity contribution in [1.29, 1.82) is 0 Å². The van der Waals surface area contributed by atoms with E-state index < -0.39 is 11.8 Å². The molecule has 0 heterocycles. The lowest BCUT2D eigenvalue weighted by Gasteiger charge is -2.05. The number of nitrogens with two attached hydrogens (primary N) is 1. The first kappa shape index (κ1) is 10.8. The normalized spacial score (nSPS) is 9.93. The van der Waals surface area contributed by atoms with Crippen LogP contribution in [0.1, 0.15) is 5.56 Å². The summed E-state index contributed by atoms with van der Waals surface area (Å²) in [5, 5.41) is -0.0592. The first-order valence-electron chi connectivity index (χ1n) is 3.84. The van der Waals surface area contributed by atoms with Crippen LogP contribution in [-0.4, -0.2) is 13.1 Å². The fraction of sp³-hybridized carbons (Fsp3) is 0.222. The average molecular weight is 218 g/mol. The van der Waals surface area contributed by atoms with Gasteiger partial charge in [0.2, 0.25) is 0 Å². The number of benzene rings is 1. The third kappa shape index (κ3) is 2.35. The summed E-state index contributed by atoms with van der Waals surface area (Å²) >= 11 is 5.49. The Kier molecular flexibility index (Phi) is 3.30. The van der Waals surface area contributed by atoms with E-state index in [1.165, 1.54) is 13.2 Å². The zero-order chi connectivity index (χ0) is 10.7. The summed E-state index contributed by atoms with van der Waals surface area (Å²) in [5.41, 5.74) is 6.19. The van der Waals surface area contributed by atoms with E-state index in [-0.39, 0.29) is 17.1 Å². The van der Waals surface area contributed by atoms with Crippen molar-refractivity contribution >= 4 is 23.3 Å². The summed E-state index contributed by atoms with van der Waals surface area (Å²) in [6.07, 6.45) is -0.0591. The Bertz CT molecular complexity index is 368. The molecule has 5 heteroatoms. The molecule has 2 N–H and O–H groups in total. The maximum absolute atomic E-state index is 13.0. The standard InChI is InChI=1S/C9H9ClFNO2/c1-14-9(13)3-5-2-7(11)6(10)4-8(5)12/h2,4H,3,12H2,1H3. The molecule has 0 aliphatic carbocycles. The van der Waals surface area contributed by atoms with Crippen molar-refractivity contribution in [2.75, 3.05) is 12.8 Å². The lowest BCUT2D eigenvalue weighted by Crippen LogP contribution is -2.07. The van der Waals surface area contributed by atoms with Crippen LogP contribution < -0.4 is 5.73 Å². The second kappa shape index (κ2) is 4.28. The molecule has 76 valence electrons. The van der Waals surface area contributed by atoms with Gasteiger partial charge >= 0.3 is 5.97 Å². The van der Waals surface area contributed by atoms with Crippen LogP contribution in [0.4, 0.5) is 10.1 Å². The van der Waals surface area contributed by atoms with Crippen LogP contribution >= 0.6 is 11.6 Å². The van der Waals surface area contributed by atoms with Gasteiger partial charge in [0.1, 0.15) is 5.82 Å². The fourth-order valence-corrected chi connectivity index (χ4v) is 1.16. The van der Waals surface area contributed by atoms with Crippen molar-refractivity contribution in [2.45, 2.75) is 6.42 Å². The molecule has 0 amide bonds. The van der Waals surface area contributed by atoms with E-state index in [4.69, 9.17) is 17.3 Å². The van der Waals surface area contributed by atoms with Crippen molar-refractivity contribution in [3.05, 3.63) is 28.5 Å². The van der Waals surface area contributed by atoms with Gasteiger partial charge in [0.25, 0.3) is 0 Å². The number of rotatable bonds is 2. The fourth-order valence-electron chi connectivity index (χ4n) is 0.984. The number of anilines is 1. The van der Waals surface area contributed by atoms with Gasteiger partial charge in [0.05, 0.1) is 18.6 Å². The summed E-state index contributed by atoms with van der Waals surface area (Å²) in [5.74, 6) is -1.07. The van der Waals surface area contributed by atoms with Gasteiger partial charge in [-0.2, -0.15) is 0 Å². The number of hydrogen-bond acceptors (Lipinski definition) is 3. The molecule has 0 fully saturated rings. The number of methoxy groups -OCH3 is 1. The highest BCUT2D eigenvalue weighted by molar-refractivity contribution is 6.31. The Labute approximate surface area is 85.6 Å². The molecule has 0 atom stereocenters. The number of carbonyl (C=O) groups excluding carboxylic acids is 1. The number of halogens is 2. The van der Waals surface area contributed by atoms with E-state index in [0.29, 0.717) is 5.56 Å². The first-order valence-corrected chi connectivity index (χ1v) is 4.22. The van der Waals surface area contributed by atoms with Crippen LogP contribution in [0.2, 0.25) is 5.02 Å². The van der Waals surface area contributed by atoms with E-state index in [0.717, 1.165) is 6.07 Å². The minimum atomic E-state index is -0.597. The van der Waals surface area contributed by atoms with E-state index in [1.807, 2.05) is 0 Å². The highest BCUT2D eigenvalue weighted by Crippen LogP contribution is 2.22. The number of ether oxygens (including phenoxy) is 1. The van der Waals surface area contributed by atoms with Gasteiger partial charge in [-0.05, 0) is 17.7 Å². The van der Waals surface area contributed by atoms with E-state index in [2.05, 4.69) is 4.74 Å². The predicted octanol–water partition coefficient (Wildman–Crippen LogP) is 1.78. The lowest BCUT2D eigenvalue weighted by atomic mass is 10.1. The largest absolute Gasteiger partial charge is 0.469 e. The SMILES string of the molecule is COC(=O)Cc1cc(F)c(Cl)cc1N. The van der Waals surface area contributed by atoms with Gasteiger partial charge in [-0.25, -0.2) is 4.39 Å².